The summed E-state index contributed by atoms with van der Waals surface area (Å²) in [6.07, 6.45) is 0. The number of halogens is 1. The van der Waals surface area contributed by atoms with E-state index in [1.807, 2.05) is 6.92 Å². The van der Waals surface area contributed by atoms with Crippen molar-refractivity contribution in [1.82, 2.24) is 9.97 Å². The summed E-state index contributed by atoms with van der Waals surface area (Å²) in [6, 6.07) is 11.2. The van der Waals surface area contributed by atoms with Gasteiger partial charge in [0.25, 0.3) is 0 Å². The molecule has 4 nitrogen and oxygen atoms in total. The predicted molar refractivity (Wildman–Crippen MR) is 80.8 cm³/mol. The third-order valence-electron chi connectivity index (χ3n) is 3.15. The zero-order valence-corrected chi connectivity index (χ0v) is 11.5. The van der Waals surface area contributed by atoms with Crippen molar-refractivity contribution in [2.24, 2.45) is 0 Å². The summed E-state index contributed by atoms with van der Waals surface area (Å²) >= 11 is 0. The molecule has 2 aromatic carbocycles. The van der Waals surface area contributed by atoms with Crippen LogP contribution in [0.4, 0.5) is 10.2 Å². The molecule has 3 rings (SSSR count). The minimum atomic E-state index is -0.333. The SMILES string of the molecule is CCNc1nc(-c2ccccc2O)nc2ccc(F)cc12. The lowest BCUT2D eigenvalue weighted by Gasteiger charge is -2.10. The first-order valence-corrected chi connectivity index (χ1v) is 6.68. The lowest BCUT2D eigenvalue weighted by Crippen LogP contribution is -2.03. The lowest BCUT2D eigenvalue weighted by molar-refractivity contribution is 0.477. The zero-order chi connectivity index (χ0) is 14.8. The van der Waals surface area contributed by atoms with Gasteiger partial charge in [0.15, 0.2) is 5.82 Å². The van der Waals surface area contributed by atoms with Crippen molar-refractivity contribution in [2.45, 2.75) is 6.92 Å². The van der Waals surface area contributed by atoms with Crippen LogP contribution < -0.4 is 5.32 Å². The molecule has 0 fully saturated rings. The summed E-state index contributed by atoms with van der Waals surface area (Å²) in [4.78, 5) is 8.83. The van der Waals surface area contributed by atoms with Crippen molar-refractivity contribution >= 4 is 16.7 Å². The topological polar surface area (TPSA) is 58.0 Å². The second-order valence-corrected chi connectivity index (χ2v) is 4.60. The summed E-state index contributed by atoms with van der Waals surface area (Å²) in [6.45, 7) is 2.59. The molecule has 106 valence electrons. The number of anilines is 1. The number of benzene rings is 2. The molecule has 5 heteroatoms. The Morgan fingerprint density at radius 1 is 1.14 bits per heavy atom. The van der Waals surface area contributed by atoms with Gasteiger partial charge in [-0.25, -0.2) is 14.4 Å². The number of phenolic OH excluding ortho intramolecular Hbond substituents is 1. The molecular formula is C16H14FN3O. The number of nitrogens with zero attached hydrogens (tertiary/aromatic N) is 2. The summed E-state index contributed by atoms with van der Waals surface area (Å²) in [5.41, 5.74) is 1.17. The maximum atomic E-state index is 13.4. The molecule has 0 radical (unpaired) electrons. The summed E-state index contributed by atoms with van der Waals surface area (Å²) in [5, 5.41) is 13.7. The minimum Gasteiger partial charge on any atom is -0.507 e. The van der Waals surface area contributed by atoms with E-state index in [1.165, 1.54) is 12.1 Å². The first kappa shape index (κ1) is 13.3. The van der Waals surface area contributed by atoms with Crippen LogP contribution in [0.2, 0.25) is 0 Å². The Morgan fingerprint density at radius 3 is 2.71 bits per heavy atom. The van der Waals surface area contributed by atoms with Gasteiger partial charge in [0.05, 0.1) is 11.1 Å². The second-order valence-electron chi connectivity index (χ2n) is 4.60. The van der Waals surface area contributed by atoms with Gasteiger partial charge in [0.2, 0.25) is 0 Å². The highest BCUT2D eigenvalue weighted by atomic mass is 19.1. The first-order valence-electron chi connectivity index (χ1n) is 6.68. The molecule has 0 spiro atoms. The van der Waals surface area contributed by atoms with Crippen LogP contribution >= 0.6 is 0 Å². The molecule has 0 aliphatic rings. The van der Waals surface area contributed by atoms with Crippen molar-refractivity contribution in [2.75, 3.05) is 11.9 Å². The molecule has 1 aromatic heterocycles. The van der Waals surface area contributed by atoms with E-state index < -0.39 is 0 Å². The molecular weight excluding hydrogens is 269 g/mol. The Bertz CT molecular complexity index is 805. The normalized spacial score (nSPS) is 10.8. The van der Waals surface area contributed by atoms with Gasteiger partial charge in [0, 0.05) is 11.9 Å². The van der Waals surface area contributed by atoms with Gasteiger partial charge in [-0.1, -0.05) is 12.1 Å². The fourth-order valence-corrected chi connectivity index (χ4v) is 2.19. The molecule has 0 bridgehead atoms. The number of para-hydroxylation sites is 1. The van der Waals surface area contributed by atoms with Crippen LogP contribution in [0.3, 0.4) is 0 Å². The van der Waals surface area contributed by atoms with Crippen LogP contribution in [-0.4, -0.2) is 21.6 Å². The zero-order valence-electron chi connectivity index (χ0n) is 11.5. The third-order valence-corrected chi connectivity index (χ3v) is 3.15. The van der Waals surface area contributed by atoms with Crippen molar-refractivity contribution in [3.05, 3.63) is 48.3 Å². The van der Waals surface area contributed by atoms with Crippen LogP contribution in [0.15, 0.2) is 42.5 Å². The monoisotopic (exact) mass is 283 g/mol. The van der Waals surface area contributed by atoms with E-state index >= 15 is 0 Å². The third kappa shape index (κ3) is 2.50. The van der Waals surface area contributed by atoms with Gasteiger partial charge in [-0.05, 0) is 37.3 Å². The molecule has 21 heavy (non-hydrogen) atoms. The molecule has 0 amide bonds. The Balaban J connectivity index is 2.26. The Hall–Kier alpha value is -2.69. The highest BCUT2D eigenvalue weighted by Crippen LogP contribution is 2.30. The average Bonchev–Trinajstić information content (AvgIpc) is 2.48. The number of aromatic hydroxyl groups is 1. The van der Waals surface area contributed by atoms with Crippen molar-refractivity contribution in [3.63, 3.8) is 0 Å². The number of aromatic nitrogens is 2. The van der Waals surface area contributed by atoms with E-state index in [4.69, 9.17) is 0 Å². The molecule has 0 saturated carbocycles. The highest BCUT2D eigenvalue weighted by molar-refractivity contribution is 5.91. The minimum absolute atomic E-state index is 0.112. The number of hydrogen-bond donors (Lipinski definition) is 2. The Labute approximate surface area is 121 Å². The van der Waals surface area contributed by atoms with Gasteiger partial charge >= 0.3 is 0 Å². The summed E-state index contributed by atoms with van der Waals surface area (Å²) in [5.74, 6) is 0.741. The molecule has 0 saturated heterocycles. The number of phenols is 1. The Morgan fingerprint density at radius 2 is 1.95 bits per heavy atom. The summed E-state index contributed by atoms with van der Waals surface area (Å²) in [7, 11) is 0. The second kappa shape index (κ2) is 5.36. The largest absolute Gasteiger partial charge is 0.507 e. The molecule has 2 N–H and O–H groups in total. The predicted octanol–water partition coefficient (Wildman–Crippen LogP) is 3.57. The van der Waals surface area contributed by atoms with Crippen molar-refractivity contribution in [1.29, 1.82) is 0 Å². The quantitative estimate of drug-likeness (QED) is 0.771. The molecule has 0 aliphatic heterocycles. The number of nitrogens with one attached hydrogen (secondary N) is 1. The van der Waals surface area contributed by atoms with E-state index in [2.05, 4.69) is 15.3 Å². The van der Waals surface area contributed by atoms with E-state index in [-0.39, 0.29) is 11.6 Å². The van der Waals surface area contributed by atoms with Crippen LogP contribution in [0.5, 0.6) is 5.75 Å². The lowest BCUT2D eigenvalue weighted by atomic mass is 10.1. The van der Waals surface area contributed by atoms with Crippen LogP contribution in [0.1, 0.15) is 6.92 Å². The molecule has 1 heterocycles. The average molecular weight is 283 g/mol. The van der Waals surface area contributed by atoms with E-state index in [0.29, 0.717) is 34.7 Å². The van der Waals surface area contributed by atoms with Crippen LogP contribution in [0.25, 0.3) is 22.3 Å². The molecule has 3 aromatic rings. The number of hydrogen-bond acceptors (Lipinski definition) is 4. The standard InChI is InChI=1S/C16H14FN3O/c1-2-18-15-12-9-10(17)7-8-13(12)19-16(20-15)11-5-3-4-6-14(11)21/h3-9,21H,2H2,1H3,(H,18,19,20). The van der Waals surface area contributed by atoms with Crippen molar-refractivity contribution in [3.8, 4) is 17.1 Å². The fourth-order valence-electron chi connectivity index (χ4n) is 2.19. The number of rotatable bonds is 3. The van der Waals surface area contributed by atoms with E-state index in [9.17, 15) is 9.50 Å². The number of fused-ring (bicyclic) bond motifs is 1. The van der Waals surface area contributed by atoms with Gasteiger partial charge in [-0.3, -0.25) is 0 Å². The molecule has 0 unspecified atom stereocenters. The van der Waals surface area contributed by atoms with E-state index in [0.717, 1.165) is 0 Å². The summed E-state index contributed by atoms with van der Waals surface area (Å²) < 4.78 is 13.4. The maximum absolute atomic E-state index is 13.4. The first-order chi connectivity index (χ1) is 10.2. The van der Waals surface area contributed by atoms with E-state index in [1.54, 1.807) is 30.3 Å². The van der Waals surface area contributed by atoms with Gasteiger partial charge in [-0.2, -0.15) is 0 Å². The highest BCUT2D eigenvalue weighted by Gasteiger charge is 2.12. The molecule has 0 atom stereocenters. The van der Waals surface area contributed by atoms with Gasteiger partial charge < -0.3 is 10.4 Å². The Kier molecular flexibility index (Phi) is 3.39. The van der Waals surface area contributed by atoms with Gasteiger partial charge in [-0.15, -0.1) is 0 Å². The van der Waals surface area contributed by atoms with Crippen LogP contribution in [-0.2, 0) is 0 Å². The van der Waals surface area contributed by atoms with Gasteiger partial charge in [0.1, 0.15) is 17.4 Å². The molecule has 0 aliphatic carbocycles. The van der Waals surface area contributed by atoms with Crippen molar-refractivity contribution < 1.29 is 9.50 Å². The smallest absolute Gasteiger partial charge is 0.165 e. The van der Waals surface area contributed by atoms with Crippen LogP contribution in [0, 0.1) is 5.82 Å². The fraction of sp³-hybridized carbons (Fsp3) is 0.125. The maximum Gasteiger partial charge on any atom is 0.165 e.